The molecule has 3 aromatic carbocycles. The fraction of sp³-hybridized carbons (Fsp3) is 0.179. The molecule has 0 N–H and O–H groups in total. The van der Waals surface area contributed by atoms with E-state index in [1.165, 1.54) is 19.1 Å². The molecule has 0 saturated carbocycles. The van der Waals surface area contributed by atoms with Gasteiger partial charge in [0.1, 0.15) is 12.3 Å². The van der Waals surface area contributed by atoms with E-state index in [0.29, 0.717) is 28.8 Å². The summed E-state index contributed by atoms with van der Waals surface area (Å²) < 4.78 is 7.23. The molecule has 4 aromatic rings. The summed E-state index contributed by atoms with van der Waals surface area (Å²) in [4.78, 5) is 39.5. The fourth-order valence-electron chi connectivity index (χ4n) is 4.15. The number of hydrogen-bond acceptors (Lipinski definition) is 7. The standard InChI is InChI=1S/C28H25N3O6/c1-17(2)28(33)36-14-13-30-25-11-9-20(15-23(25)24-16-21(31(34)35)10-12-26(24)30)27(29-37-19(4)32)22-8-6-5-7-18(22)3/h5-12,15-16H,1,13-14H2,2-4H3/b29-27-. The van der Waals surface area contributed by atoms with E-state index in [1.807, 2.05) is 54.0 Å². The average molecular weight is 500 g/mol. The minimum absolute atomic E-state index is 0.0432. The summed E-state index contributed by atoms with van der Waals surface area (Å²) in [5, 5.41) is 17.0. The third-order valence-corrected chi connectivity index (χ3v) is 5.89. The number of aryl methyl sites for hydroxylation is 1. The van der Waals surface area contributed by atoms with Crippen molar-refractivity contribution in [1.82, 2.24) is 4.57 Å². The largest absolute Gasteiger partial charge is 0.460 e. The molecule has 0 amide bonds. The molecule has 1 aromatic heterocycles. The van der Waals surface area contributed by atoms with Gasteiger partial charge in [-0.15, -0.1) is 0 Å². The van der Waals surface area contributed by atoms with Crippen LogP contribution >= 0.6 is 0 Å². The first-order chi connectivity index (χ1) is 17.7. The van der Waals surface area contributed by atoms with Gasteiger partial charge in [0.25, 0.3) is 5.69 Å². The van der Waals surface area contributed by atoms with Gasteiger partial charge in [-0.3, -0.25) is 10.1 Å². The van der Waals surface area contributed by atoms with Gasteiger partial charge in [0, 0.05) is 57.6 Å². The highest BCUT2D eigenvalue weighted by Crippen LogP contribution is 2.33. The molecule has 188 valence electrons. The van der Waals surface area contributed by atoms with Gasteiger partial charge in [0.2, 0.25) is 0 Å². The fourth-order valence-corrected chi connectivity index (χ4v) is 4.15. The van der Waals surface area contributed by atoms with Crippen molar-refractivity contribution in [2.24, 2.45) is 5.16 Å². The Balaban J connectivity index is 1.89. The molecule has 0 saturated heterocycles. The number of fused-ring (bicyclic) bond motifs is 3. The number of carbonyl (C=O) groups excluding carboxylic acids is 2. The molecule has 9 nitrogen and oxygen atoms in total. The van der Waals surface area contributed by atoms with Crippen molar-refractivity contribution in [2.75, 3.05) is 6.61 Å². The molecule has 37 heavy (non-hydrogen) atoms. The van der Waals surface area contributed by atoms with Crippen LogP contribution in [0, 0.1) is 17.0 Å². The minimum atomic E-state index is -0.552. The maximum absolute atomic E-state index is 11.9. The number of aromatic nitrogens is 1. The highest BCUT2D eigenvalue weighted by atomic mass is 16.7. The molecule has 0 spiro atoms. The van der Waals surface area contributed by atoms with Crippen LogP contribution in [0.25, 0.3) is 21.8 Å². The Hall–Kier alpha value is -4.79. The Labute approximate surface area is 212 Å². The van der Waals surface area contributed by atoms with Crippen LogP contribution in [0.4, 0.5) is 5.69 Å². The van der Waals surface area contributed by atoms with Gasteiger partial charge in [0.05, 0.1) is 11.5 Å². The Morgan fingerprint density at radius 1 is 1.03 bits per heavy atom. The van der Waals surface area contributed by atoms with Gasteiger partial charge >= 0.3 is 11.9 Å². The molecule has 1 heterocycles. The summed E-state index contributed by atoms with van der Waals surface area (Å²) in [5.74, 6) is -1.04. The summed E-state index contributed by atoms with van der Waals surface area (Å²) in [7, 11) is 0. The zero-order chi connectivity index (χ0) is 26.7. The van der Waals surface area contributed by atoms with Crippen molar-refractivity contribution in [3.63, 3.8) is 0 Å². The molecule has 0 radical (unpaired) electrons. The van der Waals surface area contributed by atoms with E-state index in [9.17, 15) is 19.7 Å². The summed E-state index contributed by atoms with van der Waals surface area (Å²) >= 11 is 0. The molecular formula is C28H25N3O6. The molecule has 0 aliphatic rings. The van der Waals surface area contributed by atoms with Crippen molar-refractivity contribution < 1.29 is 24.1 Å². The number of benzene rings is 3. The van der Waals surface area contributed by atoms with Crippen LogP contribution < -0.4 is 0 Å². The van der Waals surface area contributed by atoms with E-state index in [2.05, 4.69) is 11.7 Å². The normalized spacial score (nSPS) is 11.5. The third kappa shape index (κ3) is 5.25. The van der Waals surface area contributed by atoms with Crippen LogP contribution in [0.1, 0.15) is 30.5 Å². The monoisotopic (exact) mass is 499 g/mol. The zero-order valence-electron chi connectivity index (χ0n) is 20.7. The molecule has 0 fully saturated rings. The topological polar surface area (TPSA) is 113 Å². The zero-order valence-corrected chi connectivity index (χ0v) is 20.7. The van der Waals surface area contributed by atoms with Crippen LogP contribution in [0.3, 0.4) is 0 Å². The summed E-state index contributed by atoms with van der Waals surface area (Å²) in [6.07, 6.45) is 0. The van der Waals surface area contributed by atoms with Gasteiger partial charge in [-0.05, 0) is 37.6 Å². The van der Waals surface area contributed by atoms with E-state index >= 15 is 0 Å². The van der Waals surface area contributed by atoms with Crippen molar-refractivity contribution in [2.45, 2.75) is 27.3 Å². The second kappa shape index (κ2) is 10.4. The molecule has 0 aliphatic heterocycles. The average Bonchev–Trinajstić information content (AvgIpc) is 3.17. The third-order valence-electron chi connectivity index (χ3n) is 5.89. The second-order valence-corrected chi connectivity index (χ2v) is 8.60. The first-order valence-electron chi connectivity index (χ1n) is 11.5. The van der Waals surface area contributed by atoms with E-state index in [4.69, 9.17) is 9.57 Å². The summed E-state index contributed by atoms with van der Waals surface area (Å²) in [5.41, 5.74) is 4.65. The number of oxime groups is 1. The lowest BCUT2D eigenvalue weighted by molar-refractivity contribution is -0.384. The Morgan fingerprint density at radius 3 is 2.35 bits per heavy atom. The summed E-state index contributed by atoms with van der Waals surface area (Å²) in [6.45, 7) is 8.81. The molecule has 0 unspecified atom stereocenters. The molecular weight excluding hydrogens is 474 g/mol. The number of nitrogens with zero attached hydrogens (tertiary/aromatic N) is 3. The van der Waals surface area contributed by atoms with Crippen LogP contribution in [-0.2, 0) is 25.7 Å². The molecule has 0 bridgehead atoms. The first-order valence-corrected chi connectivity index (χ1v) is 11.5. The number of ether oxygens (including phenoxy) is 1. The number of carbonyl (C=O) groups is 2. The Bertz CT molecular complexity index is 1600. The number of hydrogen-bond donors (Lipinski definition) is 0. The van der Waals surface area contributed by atoms with E-state index in [-0.39, 0.29) is 12.3 Å². The minimum Gasteiger partial charge on any atom is -0.460 e. The van der Waals surface area contributed by atoms with E-state index in [1.54, 1.807) is 13.0 Å². The predicted molar refractivity (Wildman–Crippen MR) is 140 cm³/mol. The quantitative estimate of drug-likeness (QED) is 0.0796. The van der Waals surface area contributed by atoms with Gasteiger partial charge in [-0.1, -0.05) is 42.1 Å². The van der Waals surface area contributed by atoms with Crippen LogP contribution in [-0.4, -0.2) is 33.7 Å². The maximum Gasteiger partial charge on any atom is 0.333 e. The summed E-state index contributed by atoms with van der Waals surface area (Å²) in [6, 6.07) is 17.8. The number of rotatable bonds is 8. The SMILES string of the molecule is C=C(C)C(=O)OCCn1c2ccc(/C(=N/OC(C)=O)c3ccccc3C)cc2c2cc([N+](=O)[O-])ccc21. The van der Waals surface area contributed by atoms with Gasteiger partial charge in [-0.25, -0.2) is 9.59 Å². The van der Waals surface area contributed by atoms with Crippen molar-refractivity contribution >= 4 is 45.1 Å². The smallest absolute Gasteiger partial charge is 0.333 e. The van der Waals surface area contributed by atoms with Gasteiger partial charge in [0.15, 0.2) is 0 Å². The molecule has 4 rings (SSSR count). The lowest BCUT2D eigenvalue weighted by atomic mass is 9.97. The molecule has 9 heteroatoms. The number of nitro benzene ring substituents is 1. The van der Waals surface area contributed by atoms with Crippen LogP contribution in [0.15, 0.2) is 78.0 Å². The van der Waals surface area contributed by atoms with E-state index < -0.39 is 16.9 Å². The van der Waals surface area contributed by atoms with Crippen molar-refractivity contribution in [1.29, 1.82) is 0 Å². The van der Waals surface area contributed by atoms with Crippen LogP contribution in [0.2, 0.25) is 0 Å². The van der Waals surface area contributed by atoms with Crippen molar-refractivity contribution in [3.8, 4) is 0 Å². The number of non-ortho nitro benzene ring substituents is 1. The predicted octanol–water partition coefficient (Wildman–Crippen LogP) is 5.45. The lowest BCUT2D eigenvalue weighted by Crippen LogP contribution is -2.11. The number of esters is 1. The van der Waals surface area contributed by atoms with Gasteiger partial charge in [-0.2, -0.15) is 0 Å². The molecule has 0 atom stereocenters. The highest BCUT2D eigenvalue weighted by molar-refractivity contribution is 6.17. The Kier molecular flexibility index (Phi) is 7.15. The maximum atomic E-state index is 11.9. The van der Waals surface area contributed by atoms with Crippen LogP contribution in [0.5, 0.6) is 0 Å². The highest BCUT2D eigenvalue weighted by Gasteiger charge is 2.18. The second-order valence-electron chi connectivity index (χ2n) is 8.60. The molecule has 0 aliphatic carbocycles. The lowest BCUT2D eigenvalue weighted by Gasteiger charge is -2.11. The van der Waals surface area contributed by atoms with E-state index in [0.717, 1.165) is 27.5 Å². The van der Waals surface area contributed by atoms with Gasteiger partial charge < -0.3 is 14.1 Å². The first kappa shape index (κ1) is 25.3. The number of nitro groups is 1. The van der Waals surface area contributed by atoms with Crippen molar-refractivity contribution in [3.05, 3.63) is 99.6 Å². The Morgan fingerprint density at radius 2 is 1.70 bits per heavy atom.